The molecule has 0 unspecified atom stereocenters. The van der Waals surface area contributed by atoms with E-state index in [1.54, 1.807) is 18.2 Å². The van der Waals surface area contributed by atoms with Crippen LogP contribution in [0.4, 0.5) is 4.39 Å². The van der Waals surface area contributed by atoms with Crippen molar-refractivity contribution in [2.45, 2.75) is 39.7 Å². The second-order valence-corrected chi connectivity index (χ2v) is 8.16. The lowest BCUT2D eigenvalue weighted by Crippen LogP contribution is -2.54. The smallest absolute Gasteiger partial charge is 0.253 e. The van der Waals surface area contributed by atoms with Gasteiger partial charge < -0.3 is 5.32 Å². The van der Waals surface area contributed by atoms with Crippen LogP contribution in [-0.2, 0) is 6.42 Å². The average molecular weight is 364 g/mol. The van der Waals surface area contributed by atoms with Gasteiger partial charge in [0.2, 0.25) is 0 Å². The first-order chi connectivity index (χ1) is 12.7. The van der Waals surface area contributed by atoms with Gasteiger partial charge in [-0.3, -0.25) is 9.78 Å². The van der Waals surface area contributed by atoms with Gasteiger partial charge in [-0.2, -0.15) is 0 Å². The molecule has 2 aromatic carbocycles. The number of hydrogen-bond donors (Lipinski definition) is 1. The van der Waals surface area contributed by atoms with Crippen molar-refractivity contribution in [3.63, 3.8) is 0 Å². The Morgan fingerprint density at radius 1 is 1.04 bits per heavy atom. The SMILES string of the molecule is CC(C)(Cc1ccccc1)C(C)(C)NC(=O)c1cnc2c(F)cccc2c1. The third kappa shape index (κ3) is 4.00. The predicted octanol–water partition coefficient (Wildman–Crippen LogP) is 5.15. The highest BCUT2D eigenvalue weighted by Crippen LogP contribution is 2.34. The number of benzene rings is 2. The molecule has 3 nitrogen and oxygen atoms in total. The summed E-state index contributed by atoms with van der Waals surface area (Å²) < 4.78 is 13.8. The van der Waals surface area contributed by atoms with Crippen LogP contribution >= 0.6 is 0 Å². The van der Waals surface area contributed by atoms with E-state index in [2.05, 4.69) is 36.3 Å². The highest BCUT2D eigenvalue weighted by Gasteiger charge is 2.38. The molecule has 0 saturated carbocycles. The lowest BCUT2D eigenvalue weighted by molar-refractivity contribution is 0.0804. The topological polar surface area (TPSA) is 42.0 Å². The van der Waals surface area contributed by atoms with Crippen molar-refractivity contribution in [3.8, 4) is 0 Å². The van der Waals surface area contributed by atoms with Crippen LogP contribution in [-0.4, -0.2) is 16.4 Å². The first kappa shape index (κ1) is 19.0. The molecule has 1 amide bonds. The molecule has 1 aromatic heterocycles. The van der Waals surface area contributed by atoms with Crippen LogP contribution in [0, 0.1) is 11.2 Å². The van der Waals surface area contributed by atoms with Crippen LogP contribution in [0.25, 0.3) is 10.9 Å². The molecule has 3 rings (SSSR count). The number of hydrogen-bond acceptors (Lipinski definition) is 2. The van der Waals surface area contributed by atoms with E-state index in [4.69, 9.17) is 0 Å². The molecule has 0 bridgehead atoms. The largest absolute Gasteiger partial charge is 0.347 e. The van der Waals surface area contributed by atoms with Crippen LogP contribution in [0.15, 0.2) is 60.8 Å². The van der Waals surface area contributed by atoms with E-state index in [0.29, 0.717) is 10.9 Å². The Labute approximate surface area is 159 Å². The van der Waals surface area contributed by atoms with E-state index in [1.165, 1.54) is 17.8 Å². The molecule has 0 fully saturated rings. The van der Waals surface area contributed by atoms with Crippen molar-refractivity contribution in [3.05, 3.63) is 77.7 Å². The highest BCUT2D eigenvalue weighted by atomic mass is 19.1. The van der Waals surface area contributed by atoms with Crippen molar-refractivity contribution >= 4 is 16.8 Å². The summed E-state index contributed by atoms with van der Waals surface area (Å²) in [6.07, 6.45) is 2.27. The number of rotatable bonds is 5. The summed E-state index contributed by atoms with van der Waals surface area (Å²) in [7, 11) is 0. The molecule has 0 radical (unpaired) electrons. The van der Waals surface area contributed by atoms with Crippen molar-refractivity contribution in [2.75, 3.05) is 0 Å². The van der Waals surface area contributed by atoms with Crippen LogP contribution in [0.2, 0.25) is 0 Å². The van der Waals surface area contributed by atoms with Crippen LogP contribution in [0.3, 0.4) is 0 Å². The molecular weight excluding hydrogens is 339 g/mol. The molecule has 0 spiro atoms. The van der Waals surface area contributed by atoms with Crippen molar-refractivity contribution < 1.29 is 9.18 Å². The Hall–Kier alpha value is -2.75. The molecule has 140 valence electrons. The fourth-order valence-corrected chi connectivity index (χ4v) is 3.10. The van der Waals surface area contributed by atoms with E-state index in [-0.39, 0.29) is 22.7 Å². The fourth-order valence-electron chi connectivity index (χ4n) is 3.10. The average Bonchev–Trinajstić information content (AvgIpc) is 2.61. The zero-order valence-corrected chi connectivity index (χ0v) is 16.2. The van der Waals surface area contributed by atoms with Crippen LogP contribution in [0.5, 0.6) is 0 Å². The zero-order valence-electron chi connectivity index (χ0n) is 16.2. The third-order valence-corrected chi connectivity index (χ3v) is 5.53. The highest BCUT2D eigenvalue weighted by molar-refractivity contribution is 5.97. The molecule has 0 aliphatic heterocycles. The maximum Gasteiger partial charge on any atom is 0.253 e. The molecular formula is C23H25FN2O. The summed E-state index contributed by atoms with van der Waals surface area (Å²) in [6.45, 7) is 8.35. The summed E-state index contributed by atoms with van der Waals surface area (Å²) >= 11 is 0. The van der Waals surface area contributed by atoms with Gasteiger partial charge in [-0.1, -0.05) is 56.3 Å². The maximum absolute atomic E-state index is 13.8. The van der Waals surface area contributed by atoms with Crippen LogP contribution in [0.1, 0.15) is 43.6 Å². The molecule has 0 aliphatic rings. The second-order valence-electron chi connectivity index (χ2n) is 8.16. The Morgan fingerprint density at radius 2 is 1.74 bits per heavy atom. The second kappa shape index (κ2) is 7.10. The lowest BCUT2D eigenvalue weighted by Gasteiger charge is -2.42. The third-order valence-electron chi connectivity index (χ3n) is 5.53. The first-order valence-electron chi connectivity index (χ1n) is 9.10. The number of pyridine rings is 1. The number of nitrogens with one attached hydrogen (secondary N) is 1. The van der Waals surface area contributed by atoms with Gasteiger partial charge in [0.1, 0.15) is 11.3 Å². The molecule has 0 atom stereocenters. The van der Waals surface area contributed by atoms with E-state index < -0.39 is 5.54 Å². The van der Waals surface area contributed by atoms with Gasteiger partial charge in [0, 0.05) is 17.1 Å². The Bertz CT molecular complexity index is 965. The molecule has 1 heterocycles. The number of aromatic nitrogens is 1. The van der Waals surface area contributed by atoms with Gasteiger partial charge in [-0.05, 0) is 43.4 Å². The van der Waals surface area contributed by atoms with Gasteiger partial charge >= 0.3 is 0 Å². The Kier molecular flexibility index (Phi) is 5.01. The number of halogens is 1. The normalized spacial score (nSPS) is 12.2. The van der Waals surface area contributed by atoms with E-state index in [0.717, 1.165) is 6.42 Å². The number of para-hydroxylation sites is 1. The summed E-state index contributed by atoms with van der Waals surface area (Å²) in [4.78, 5) is 17.0. The summed E-state index contributed by atoms with van der Waals surface area (Å²) in [5.41, 5.74) is 1.29. The molecule has 3 aromatic rings. The standard InChI is InChI=1S/C23H25FN2O/c1-22(2,14-16-9-6-5-7-10-16)23(3,4)26-21(27)18-13-17-11-8-12-19(24)20(17)25-15-18/h5-13,15H,14H2,1-4H3,(H,26,27). The van der Waals surface area contributed by atoms with Gasteiger partial charge in [0.25, 0.3) is 5.91 Å². The van der Waals surface area contributed by atoms with Gasteiger partial charge in [0.05, 0.1) is 5.56 Å². The number of amides is 1. The van der Waals surface area contributed by atoms with Crippen LogP contribution < -0.4 is 5.32 Å². The van der Waals surface area contributed by atoms with Crippen molar-refractivity contribution in [1.82, 2.24) is 10.3 Å². The van der Waals surface area contributed by atoms with E-state index in [9.17, 15) is 9.18 Å². The van der Waals surface area contributed by atoms with E-state index in [1.807, 2.05) is 32.0 Å². The van der Waals surface area contributed by atoms with Gasteiger partial charge in [-0.15, -0.1) is 0 Å². The molecule has 1 N–H and O–H groups in total. The minimum absolute atomic E-state index is 0.180. The lowest BCUT2D eigenvalue weighted by atomic mass is 9.70. The van der Waals surface area contributed by atoms with Crippen molar-refractivity contribution in [2.24, 2.45) is 5.41 Å². The Morgan fingerprint density at radius 3 is 2.44 bits per heavy atom. The number of fused-ring (bicyclic) bond motifs is 1. The summed E-state index contributed by atoms with van der Waals surface area (Å²) in [5.74, 6) is -0.594. The molecule has 0 aliphatic carbocycles. The summed E-state index contributed by atoms with van der Waals surface area (Å²) in [5, 5.41) is 3.75. The van der Waals surface area contributed by atoms with Gasteiger partial charge in [0.15, 0.2) is 0 Å². The van der Waals surface area contributed by atoms with E-state index >= 15 is 0 Å². The Balaban J connectivity index is 1.81. The summed E-state index contributed by atoms with van der Waals surface area (Å²) in [6, 6.07) is 16.7. The molecule has 0 saturated heterocycles. The minimum Gasteiger partial charge on any atom is -0.347 e. The fraction of sp³-hybridized carbons (Fsp3) is 0.304. The predicted molar refractivity (Wildman–Crippen MR) is 107 cm³/mol. The first-order valence-corrected chi connectivity index (χ1v) is 9.10. The molecule has 4 heteroatoms. The number of nitrogens with zero attached hydrogens (tertiary/aromatic N) is 1. The minimum atomic E-state index is -0.461. The maximum atomic E-state index is 13.8. The van der Waals surface area contributed by atoms with Gasteiger partial charge in [-0.25, -0.2) is 4.39 Å². The monoisotopic (exact) mass is 364 g/mol. The number of carbonyl (C=O) groups excluding carboxylic acids is 1. The molecule has 27 heavy (non-hydrogen) atoms. The van der Waals surface area contributed by atoms with Crippen molar-refractivity contribution in [1.29, 1.82) is 0 Å². The number of carbonyl (C=O) groups is 1. The zero-order chi connectivity index (χ0) is 19.7. The quantitative estimate of drug-likeness (QED) is 0.680.